The summed E-state index contributed by atoms with van der Waals surface area (Å²) in [4.78, 5) is 0. The van der Waals surface area contributed by atoms with Gasteiger partial charge in [-0.15, -0.1) is 0 Å². The van der Waals surface area contributed by atoms with Gasteiger partial charge in [0.05, 0.1) is 0 Å². The second kappa shape index (κ2) is 8.82. The minimum atomic E-state index is 0. The molecule has 0 aromatic heterocycles. The Kier molecular flexibility index (Phi) is 16.1. The normalized spacial score (nSPS) is 7.40. The quantitative estimate of drug-likeness (QED) is 0.364. The third kappa shape index (κ3) is 12.2. The van der Waals surface area contributed by atoms with Crippen molar-refractivity contribution < 1.29 is 32.7 Å². The fraction of sp³-hybridized carbons (Fsp3) is 0.500. The number of hydrogen-bond acceptors (Lipinski definition) is 2. The van der Waals surface area contributed by atoms with Gasteiger partial charge in [-0.05, 0) is 13.1 Å². The number of rotatable bonds is 0. The minimum absolute atomic E-state index is 0. The molecule has 0 saturated heterocycles. The van der Waals surface area contributed by atoms with Crippen molar-refractivity contribution in [2.24, 2.45) is 5.16 Å². The molecular formula is C2H4NOY-. The molecule has 0 N–H and O–H groups in total. The molecule has 0 amide bonds. The van der Waals surface area contributed by atoms with Crippen LogP contribution in [0.3, 0.4) is 0 Å². The van der Waals surface area contributed by atoms with Crippen LogP contribution in [-0.4, -0.2) is 6.21 Å². The molecule has 0 rings (SSSR count). The van der Waals surface area contributed by atoms with Crippen molar-refractivity contribution in [3.8, 4) is 0 Å². The summed E-state index contributed by atoms with van der Waals surface area (Å²) in [5, 5.41) is 11.2. The minimum Gasteiger partial charge on any atom is -0.792 e. The predicted octanol–water partition coefficient (Wildman–Crippen LogP) is 0.572. The van der Waals surface area contributed by atoms with Crippen LogP contribution in [0.15, 0.2) is 5.16 Å². The summed E-state index contributed by atoms with van der Waals surface area (Å²) in [6, 6.07) is 0. The molecule has 0 aliphatic heterocycles. The van der Waals surface area contributed by atoms with E-state index in [9.17, 15) is 0 Å². The van der Waals surface area contributed by atoms with Crippen molar-refractivity contribution >= 4 is 6.21 Å². The van der Waals surface area contributed by atoms with Crippen molar-refractivity contribution in [2.45, 2.75) is 6.92 Å². The zero-order chi connectivity index (χ0) is 3.41. The van der Waals surface area contributed by atoms with E-state index < -0.39 is 0 Å². The van der Waals surface area contributed by atoms with E-state index in [0.717, 1.165) is 0 Å². The first-order valence-corrected chi connectivity index (χ1v) is 1.02. The molecule has 0 unspecified atom stereocenters. The van der Waals surface area contributed by atoms with Crippen molar-refractivity contribution in [1.29, 1.82) is 0 Å². The van der Waals surface area contributed by atoms with Gasteiger partial charge in [-0.3, -0.25) is 0 Å². The number of hydrogen-bond donors (Lipinski definition) is 0. The van der Waals surface area contributed by atoms with Gasteiger partial charge in [-0.2, -0.15) is 0 Å². The summed E-state index contributed by atoms with van der Waals surface area (Å²) in [6.45, 7) is 1.58. The van der Waals surface area contributed by atoms with Crippen molar-refractivity contribution in [3.05, 3.63) is 5.21 Å². The topological polar surface area (TPSA) is 35.4 Å². The van der Waals surface area contributed by atoms with Gasteiger partial charge >= 0.3 is 0 Å². The summed E-state index contributed by atoms with van der Waals surface area (Å²) in [6.07, 6.45) is 1.19. The largest absolute Gasteiger partial charge is 0.792 e. The van der Waals surface area contributed by atoms with Crippen LogP contribution in [0.4, 0.5) is 0 Å². The molecule has 2 nitrogen and oxygen atoms in total. The molecule has 0 aromatic carbocycles. The molecule has 0 aliphatic carbocycles. The van der Waals surface area contributed by atoms with Crippen LogP contribution in [0.2, 0.25) is 0 Å². The van der Waals surface area contributed by atoms with Gasteiger partial charge in [0.1, 0.15) is 0 Å². The van der Waals surface area contributed by atoms with Crippen molar-refractivity contribution in [2.75, 3.05) is 0 Å². The van der Waals surface area contributed by atoms with E-state index in [2.05, 4.69) is 5.16 Å². The van der Waals surface area contributed by atoms with Gasteiger partial charge in [0, 0.05) is 32.7 Å². The maximum absolute atomic E-state index is 8.87. The first kappa shape index (κ1) is 9.13. The van der Waals surface area contributed by atoms with Crippen LogP contribution in [0.5, 0.6) is 0 Å². The second-order valence-electron chi connectivity index (χ2n) is 0.364. The molecule has 1 radical (unpaired) electrons. The number of nitrogens with zero attached hydrogens (tertiary/aromatic N) is 1. The zero-order valence-corrected chi connectivity index (χ0v) is 5.85. The summed E-state index contributed by atoms with van der Waals surface area (Å²) in [5.41, 5.74) is 0. The zero-order valence-electron chi connectivity index (χ0n) is 3.01. The van der Waals surface area contributed by atoms with E-state index >= 15 is 0 Å². The average molecular weight is 147 g/mol. The van der Waals surface area contributed by atoms with Crippen molar-refractivity contribution in [3.63, 3.8) is 0 Å². The van der Waals surface area contributed by atoms with E-state index in [1.807, 2.05) is 0 Å². The Bertz CT molecular complexity index is 24.8. The van der Waals surface area contributed by atoms with Crippen LogP contribution in [-0.2, 0) is 32.7 Å². The standard InChI is InChI=1S/C2H5NO.Y/c1-2-3-4;/h2,4H,1H3;/p-1. The summed E-state index contributed by atoms with van der Waals surface area (Å²) in [7, 11) is 0. The predicted molar refractivity (Wildman–Crippen MR) is 17.5 cm³/mol. The molecule has 0 aliphatic rings. The molecule has 0 heterocycles. The SMILES string of the molecule is CC=N[O-].[Y]. The Balaban J connectivity index is 0. The van der Waals surface area contributed by atoms with Crippen molar-refractivity contribution in [1.82, 2.24) is 0 Å². The Morgan fingerprint density at radius 1 is 1.80 bits per heavy atom. The first-order valence-electron chi connectivity index (χ1n) is 1.02. The van der Waals surface area contributed by atoms with E-state index in [4.69, 9.17) is 5.21 Å². The molecule has 0 fully saturated rings. The van der Waals surface area contributed by atoms with E-state index in [0.29, 0.717) is 0 Å². The molecule has 0 aromatic rings. The Morgan fingerprint density at radius 2 is 2.00 bits per heavy atom. The van der Waals surface area contributed by atoms with E-state index in [1.54, 1.807) is 6.92 Å². The summed E-state index contributed by atoms with van der Waals surface area (Å²) < 4.78 is 0. The molecular weight excluding hydrogens is 143 g/mol. The molecule has 27 valence electrons. The Hall–Kier alpha value is 0.574. The second-order valence-corrected chi connectivity index (χ2v) is 0.364. The van der Waals surface area contributed by atoms with E-state index in [-0.39, 0.29) is 32.7 Å². The molecule has 0 atom stereocenters. The van der Waals surface area contributed by atoms with Gasteiger partial charge in [-0.1, -0.05) is 0 Å². The van der Waals surface area contributed by atoms with Crippen LogP contribution in [0, 0.1) is 5.21 Å². The maximum atomic E-state index is 8.87. The van der Waals surface area contributed by atoms with Gasteiger partial charge in [0.2, 0.25) is 0 Å². The monoisotopic (exact) mass is 147 g/mol. The third-order valence-corrected chi connectivity index (χ3v) is 0.105. The molecule has 3 heteroatoms. The Morgan fingerprint density at radius 3 is 2.00 bits per heavy atom. The maximum Gasteiger partial charge on any atom is 0 e. The van der Waals surface area contributed by atoms with Crippen LogP contribution in [0.25, 0.3) is 0 Å². The van der Waals surface area contributed by atoms with Gasteiger partial charge in [0.15, 0.2) is 0 Å². The average Bonchev–Trinajstić information content (AvgIpc) is 1.37. The molecule has 5 heavy (non-hydrogen) atoms. The Labute approximate surface area is 56.1 Å². The van der Waals surface area contributed by atoms with Crippen LogP contribution in [0.1, 0.15) is 6.92 Å². The summed E-state index contributed by atoms with van der Waals surface area (Å²) >= 11 is 0. The summed E-state index contributed by atoms with van der Waals surface area (Å²) in [5.74, 6) is 0. The first-order chi connectivity index (χ1) is 1.91. The fourth-order valence-corrected chi connectivity index (χ4v) is 0. The van der Waals surface area contributed by atoms with Gasteiger partial charge in [0.25, 0.3) is 0 Å². The smallest absolute Gasteiger partial charge is 0 e. The third-order valence-electron chi connectivity index (χ3n) is 0.105. The molecule has 0 spiro atoms. The fourth-order valence-electron chi connectivity index (χ4n) is 0. The van der Waals surface area contributed by atoms with E-state index in [1.165, 1.54) is 6.21 Å². The van der Waals surface area contributed by atoms with Crippen LogP contribution < -0.4 is 0 Å². The molecule has 0 bridgehead atoms. The molecule has 0 saturated carbocycles. The van der Waals surface area contributed by atoms with Crippen LogP contribution >= 0.6 is 0 Å². The van der Waals surface area contributed by atoms with Gasteiger partial charge in [-0.25, -0.2) is 0 Å². The van der Waals surface area contributed by atoms with Gasteiger partial charge < -0.3 is 10.4 Å².